The second kappa shape index (κ2) is 42.9. The number of hydrogen-bond donors (Lipinski definition) is 2. The van der Waals surface area contributed by atoms with Crippen LogP contribution >= 0.6 is 0 Å². The highest BCUT2D eigenvalue weighted by molar-refractivity contribution is 7.80. The van der Waals surface area contributed by atoms with Crippen molar-refractivity contribution >= 4 is 44.5 Å². The molecule has 16 nitrogen and oxygen atoms in total. The minimum absolute atomic E-state index is 0. The molecule has 0 heterocycles. The van der Waals surface area contributed by atoms with Gasteiger partial charge in [0.2, 0.25) is 0 Å². The lowest BCUT2D eigenvalue weighted by Crippen LogP contribution is -2.12. The summed E-state index contributed by atoms with van der Waals surface area (Å²) in [5.41, 5.74) is 1.19. The van der Waals surface area contributed by atoms with Gasteiger partial charge in [-0.15, -0.1) is 24.1 Å². The Morgan fingerprint density at radius 1 is 0.850 bits per heavy atom. The Kier molecular flexibility index (Phi) is 63.2. The van der Waals surface area contributed by atoms with Crippen molar-refractivity contribution in [1.82, 2.24) is 0 Å². The Morgan fingerprint density at radius 3 is 1.10 bits per heavy atom. The zero-order chi connectivity index (χ0) is 34.7. The molecule has 0 spiro atoms. The summed E-state index contributed by atoms with van der Waals surface area (Å²) in [6, 6.07) is 0. The first kappa shape index (κ1) is 59.0. The van der Waals surface area contributed by atoms with Gasteiger partial charge in [-0.3, -0.25) is 4.55 Å². The third-order valence-corrected chi connectivity index (χ3v) is 2.06. The van der Waals surface area contributed by atoms with E-state index in [9.17, 15) is 8.42 Å². The van der Waals surface area contributed by atoms with E-state index in [1.165, 1.54) is 5.57 Å². The number of hydrogen-bond acceptors (Lipinski definition) is 15. The van der Waals surface area contributed by atoms with Gasteiger partial charge in [0.05, 0.1) is 29.3 Å². The lowest BCUT2D eigenvalue weighted by atomic mass is 9.93. The summed E-state index contributed by atoms with van der Waals surface area (Å²) in [6.07, 6.45) is 0.590. The van der Waals surface area contributed by atoms with Gasteiger partial charge < -0.3 is 32.8 Å². The molecule has 0 fully saturated rings. The molecule has 0 rings (SSSR count). The van der Waals surface area contributed by atoms with Crippen molar-refractivity contribution in [1.29, 1.82) is 0 Å². The quantitative estimate of drug-likeness (QED) is 0.135. The van der Waals surface area contributed by atoms with Crippen LogP contribution in [0.25, 0.3) is 0 Å². The van der Waals surface area contributed by atoms with E-state index in [1.807, 2.05) is 34.6 Å². The highest BCUT2D eigenvalue weighted by atomic mass is 32.3. The number of allylic oxidation sites excluding steroid dienone is 1. The molecular weight excluding hydrogens is 624 g/mol. The van der Waals surface area contributed by atoms with Crippen LogP contribution in [0.1, 0.15) is 84.0 Å². The van der Waals surface area contributed by atoms with Crippen molar-refractivity contribution in [2.45, 2.75) is 82.6 Å². The zero-order valence-electron chi connectivity index (χ0n) is 25.9. The minimum atomic E-state index is -4.25. The van der Waals surface area contributed by atoms with E-state index in [0.717, 1.165) is 11.8 Å². The van der Waals surface area contributed by atoms with E-state index >= 15 is 0 Å². The van der Waals surface area contributed by atoms with Crippen LogP contribution in [0.4, 0.5) is 0 Å². The normalized spacial score (nSPS) is 11.8. The summed E-state index contributed by atoms with van der Waals surface area (Å²) in [7, 11) is -4.25. The molecule has 0 bridgehead atoms. The SMILES string of the molecule is C=C.C=C(C)C.CC(C)(C)CCOS(=O)(=O)O.CC(C)C.CC(C)C.O=S([O-])OO.O=S([O-])O[O-].O=S([O-])O[O-].[H+]. The third-order valence-electron chi connectivity index (χ3n) is 1.26. The Labute approximate surface area is 249 Å². The first-order valence-corrected chi connectivity index (χ1v) is 15.0. The molecule has 0 aliphatic carbocycles. The molecular formula is C20H48O16S4-4. The van der Waals surface area contributed by atoms with E-state index in [-0.39, 0.29) is 13.4 Å². The molecule has 0 saturated heterocycles. The first-order chi connectivity index (χ1) is 17.7. The van der Waals surface area contributed by atoms with E-state index in [1.54, 1.807) is 0 Å². The van der Waals surface area contributed by atoms with Crippen LogP contribution in [0.5, 0.6) is 0 Å². The van der Waals surface area contributed by atoms with Gasteiger partial charge in [-0.05, 0) is 37.5 Å². The Morgan fingerprint density at radius 2 is 1.02 bits per heavy atom. The van der Waals surface area contributed by atoms with Gasteiger partial charge in [-0.2, -0.15) is 8.42 Å². The second-order valence-electron chi connectivity index (χ2n) is 9.05. The van der Waals surface area contributed by atoms with E-state index in [2.05, 4.69) is 78.5 Å². The van der Waals surface area contributed by atoms with Gasteiger partial charge in [0.1, 0.15) is 11.4 Å². The highest BCUT2D eigenvalue weighted by Crippen LogP contribution is 2.18. The molecule has 0 radical (unpaired) electrons. The van der Waals surface area contributed by atoms with E-state index in [4.69, 9.17) is 46.6 Å². The molecule has 0 aromatic rings. The maximum Gasteiger partial charge on any atom is 1.00 e. The summed E-state index contributed by atoms with van der Waals surface area (Å²) >= 11 is -8.52. The molecule has 0 amide bonds. The summed E-state index contributed by atoms with van der Waals surface area (Å²) in [5.74, 6) is 1.67. The van der Waals surface area contributed by atoms with Crippen LogP contribution in [0.15, 0.2) is 25.3 Å². The van der Waals surface area contributed by atoms with Crippen molar-refractivity contribution in [3.8, 4) is 0 Å². The molecule has 0 aromatic heterocycles. The molecule has 2 N–H and O–H groups in total. The maximum absolute atomic E-state index is 10.1. The monoisotopic (exact) mass is 672 g/mol. The van der Waals surface area contributed by atoms with Crippen molar-refractivity contribution in [2.24, 2.45) is 17.3 Å². The fraction of sp³-hybridized carbons (Fsp3) is 0.800. The lowest BCUT2D eigenvalue weighted by Gasteiger charge is -2.16. The Bertz CT molecular complexity index is 636. The molecule has 40 heavy (non-hydrogen) atoms. The zero-order valence-corrected chi connectivity index (χ0v) is 28.2. The first-order valence-electron chi connectivity index (χ1n) is 10.7. The Balaban J connectivity index is -0.0000000428. The molecule has 0 aromatic carbocycles. The predicted molar refractivity (Wildman–Crippen MR) is 148 cm³/mol. The van der Waals surface area contributed by atoms with Crippen LogP contribution in [-0.2, 0) is 61.7 Å². The van der Waals surface area contributed by atoms with Gasteiger partial charge in [-0.1, -0.05) is 67.9 Å². The summed E-state index contributed by atoms with van der Waals surface area (Å²) in [6.45, 7) is 32.4. The number of rotatable bonds is 6. The third kappa shape index (κ3) is 275. The topological polar surface area (TPSA) is 278 Å². The smallest absolute Gasteiger partial charge is 0.750 e. The summed E-state index contributed by atoms with van der Waals surface area (Å²) < 4.78 is 93.0. The van der Waals surface area contributed by atoms with Crippen LogP contribution < -0.4 is 10.5 Å². The van der Waals surface area contributed by atoms with Gasteiger partial charge in [-0.25, -0.2) is 22.1 Å². The maximum atomic E-state index is 10.1. The lowest BCUT2D eigenvalue weighted by molar-refractivity contribution is -0.635. The van der Waals surface area contributed by atoms with Crippen LogP contribution in [0, 0.1) is 17.3 Å². The predicted octanol–water partition coefficient (Wildman–Crippen LogP) is 2.48. The van der Waals surface area contributed by atoms with Crippen LogP contribution in [0.3, 0.4) is 0 Å². The average Bonchev–Trinajstić information content (AvgIpc) is 2.73. The Hall–Kier alpha value is -0.560. The second-order valence-corrected chi connectivity index (χ2v) is 11.8. The van der Waals surface area contributed by atoms with Crippen LogP contribution in [0.2, 0.25) is 0 Å². The van der Waals surface area contributed by atoms with Gasteiger partial charge >= 0.3 is 11.8 Å². The van der Waals surface area contributed by atoms with E-state index < -0.39 is 44.5 Å². The van der Waals surface area contributed by atoms with Crippen molar-refractivity contribution in [3.05, 3.63) is 25.3 Å². The highest BCUT2D eigenvalue weighted by Gasteiger charge is 2.12. The van der Waals surface area contributed by atoms with Crippen molar-refractivity contribution in [2.75, 3.05) is 6.61 Å². The molecule has 0 saturated carbocycles. The van der Waals surface area contributed by atoms with E-state index in [0.29, 0.717) is 6.42 Å². The van der Waals surface area contributed by atoms with Crippen molar-refractivity contribution < 1.29 is 73.6 Å². The summed E-state index contributed by atoms with van der Waals surface area (Å²) in [5, 5.41) is 24.1. The largest absolute Gasteiger partial charge is 1.00 e. The fourth-order valence-corrected chi connectivity index (χ4v) is 0.747. The molecule has 3 unspecified atom stereocenters. The van der Waals surface area contributed by atoms with Crippen LogP contribution in [-0.4, -0.2) is 51.1 Å². The molecule has 3 atom stereocenters. The molecule has 0 aliphatic rings. The van der Waals surface area contributed by atoms with Gasteiger partial charge in [0.25, 0.3) is 0 Å². The van der Waals surface area contributed by atoms with Gasteiger partial charge in [0.15, 0.2) is 0 Å². The fourth-order valence-electron chi connectivity index (χ4n) is 0.453. The molecule has 252 valence electrons. The van der Waals surface area contributed by atoms with Crippen molar-refractivity contribution in [3.63, 3.8) is 0 Å². The summed E-state index contributed by atoms with van der Waals surface area (Å²) in [4.78, 5) is 0. The minimum Gasteiger partial charge on any atom is -0.750 e. The molecule has 20 heteroatoms. The standard InChI is InChI=1S/C6H14O4S.2C4H10.C4H8.C2H4.3H2O4S/c1-6(2,3)4-5-10-11(7,8)9;3*1-4(2)3;1-2;3*1-4-5(2)3/h4-5H2,1-3H3,(H,7,8,9);2*4H,1-3H3;1H2,2-3H3;1-2H2;3*1H,(H,2,3)/p-4. The molecule has 0 aliphatic heterocycles. The average molecular weight is 673 g/mol. The van der Waals surface area contributed by atoms with Gasteiger partial charge in [0, 0.05) is 0 Å².